The summed E-state index contributed by atoms with van der Waals surface area (Å²) < 4.78 is 4.96. The van der Waals surface area contributed by atoms with E-state index >= 15 is 0 Å². The van der Waals surface area contributed by atoms with Crippen LogP contribution >= 0.6 is 0 Å². The Labute approximate surface area is 118 Å². The zero-order valence-corrected chi connectivity index (χ0v) is 11.8. The number of nitrogens with zero attached hydrogens (tertiary/aromatic N) is 2. The summed E-state index contributed by atoms with van der Waals surface area (Å²) in [6.07, 6.45) is 2.89. The lowest BCUT2D eigenvalue weighted by Gasteiger charge is -2.26. The van der Waals surface area contributed by atoms with Crippen molar-refractivity contribution >= 4 is 5.91 Å². The van der Waals surface area contributed by atoms with Crippen LogP contribution in [-0.2, 0) is 24.2 Å². The average Bonchev–Trinajstić information content (AvgIpc) is 2.90. The van der Waals surface area contributed by atoms with Crippen LogP contribution in [0.25, 0.3) is 0 Å². The van der Waals surface area contributed by atoms with Crippen molar-refractivity contribution in [2.45, 2.75) is 33.2 Å². The predicted molar refractivity (Wildman–Crippen MR) is 75.2 cm³/mol. The Balaban J connectivity index is 1.73. The highest BCUT2D eigenvalue weighted by Gasteiger charge is 2.23. The van der Waals surface area contributed by atoms with Crippen LogP contribution in [0.15, 0.2) is 29.0 Å². The molecule has 1 aliphatic heterocycles. The normalized spacial score (nSPS) is 14.2. The highest BCUT2D eigenvalue weighted by molar-refractivity contribution is 5.79. The van der Waals surface area contributed by atoms with Crippen molar-refractivity contribution in [1.29, 1.82) is 0 Å². The van der Waals surface area contributed by atoms with Crippen LogP contribution < -0.4 is 0 Å². The number of fused-ring (bicyclic) bond motifs is 1. The molecule has 0 spiro atoms. The number of aromatic nitrogens is 1. The van der Waals surface area contributed by atoms with Gasteiger partial charge in [0.15, 0.2) is 0 Å². The number of amides is 1. The molecule has 1 amide bonds. The number of carbonyl (C=O) groups is 1. The van der Waals surface area contributed by atoms with E-state index in [-0.39, 0.29) is 5.91 Å². The van der Waals surface area contributed by atoms with Gasteiger partial charge in [-0.1, -0.05) is 28.9 Å². The summed E-state index contributed by atoms with van der Waals surface area (Å²) in [6.45, 7) is 5.44. The van der Waals surface area contributed by atoms with Gasteiger partial charge >= 0.3 is 0 Å². The van der Waals surface area contributed by atoms with E-state index in [0.717, 1.165) is 29.8 Å². The third kappa shape index (κ3) is 2.46. The third-order valence-electron chi connectivity index (χ3n) is 3.91. The molecule has 0 N–H and O–H groups in total. The number of hydrogen-bond donors (Lipinski definition) is 0. The molecule has 1 aromatic carbocycles. The SMILES string of the molecule is Cc1ccc(C)c(CC(=O)N2CCc3nocc3C2)c1. The van der Waals surface area contributed by atoms with Crippen LogP contribution in [0.3, 0.4) is 0 Å². The van der Waals surface area contributed by atoms with Gasteiger partial charge in [-0.3, -0.25) is 4.79 Å². The number of rotatable bonds is 2. The molecule has 4 heteroatoms. The molecule has 2 aromatic rings. The van der Waals surface area contributed by atoms with Gasteiger partial charge in [0.25, 0.3) is 0 Å². The molecule has 0 bridgehead atoms. The van der Waals surface area contributed by atoms with Gasteiger partial charge in [-0.05, 0) is 25.0 Å². The van der Waals surface area contributed by atoms with Crippen LogP contribution in [0, 0.1) is 13.8 Å². The number of benzene rings is 1. The summed E-state index contributed by atoms with van der Waals surface area (Å²) in [5.74, 6) is 0.172. The van der Waals surface area contributed by atoms with Gasteiger partial charge in [0.2, 0.25) is 5.91 Å². The second-order valence-electron chi connectivity index (χ2n) is 5.46. The smallest absolute Gasteiger partial charge is 0.227 e. The topological polar surface area (TPSA) is 46.3 Å². The summed E-state index contributed by atoms with van der Waals surface area (Å²) >= 11 is 0. The first-order valence-electron chi connectivity index (χ1n) is 6.89. The quantitative estimate of drug-likeness (QED) is 0.842. The van der Waals surface area contributed by atoms with E-state index in [1.807, 2.05) is 4.90 Å². The molecular weight excluding hydrogens is 252 g/mol. The molecule has 0 fully saturated rings. The Morgan fingerprint density at radius 1 is 1.40 bits per heavy atom. The Morgan fingerprint density at radius 3 is 3.10 bits per heavy atom. The fourth-order valence-electron chi connectivity index (χ4n) is 2.62. The molecule has 3 rings (SSSR count). The Bertz CT molecular complexity index is 646. The molecule has 0 radical (unpaired) electrons. The van der Waals surface area contributed by atoms with Gasteiger partial charge in [-0.25, -0.2) is 0 Å². The molecule has 0 saturated carbocycles. The van der Waals surface area contributed by atoms with Gasteiger partial charge in [-0.2, -0.15) is 0 Å². The number of carbonyl (C=O) groups excluding carboxylic acids is 1. The largest absolute Gasteiger partial charge is 0.364 e. The van der Waals surface area contributed by atoms with Crippen molar-refractivity contribution in [3.05, 3.63) is 52.4 Å². The van der Waals surface area contributed by atoms with E-state index in [2.05, 4.69) is 37.2 Å². The molecule has 0 atom stereocenters. The van der Waals surface area contributed by atoms with E-state index in [4.69, 9.17) is 4.52 Å². The average molecular weight is 270 g/mol. The minimum Gasteiger partial charge on any atom is -0.364 e. The van der Waals surface area contributed by atoms with Crippen molar-refractivity contribution in [3.8, 4) is 0 Å². The molecule has 2 heterocycles. The number of hydrogen-bond acceptors (Lipinski definition) is 3. The molecule has 0 unspecified atom stereocenters. The first kappa shape index (κ1) is 12.9. The number of aryl methyl sites for hydroxylation is 2. The van der Waals surface area contributed by atoms with Gasteiger partial charge < -0.3 is 9.42 Å². The minimum absolute atomic E-state index is 0.172. The van der Waals surface area contributed by atoms with Crippen LogP contribution in [0.2, 0.25) is 0 Å². The van der Waals surface area contributed by atoms with E-state index in [1.54, 1.807) is 6.26 Å². The van der Waals surface area contributed by atoms with Crippen LogP contribution in [0.5, 0.6) is 0 Å². The molecular formula is C16H18N2O2. The van der Waals surface area contributed by atoms with Crippen LogP contribution in [0.1, 0.15) is 27.9 Å². The Hall–Kier alpha value is -2.10. The van der Waals surface area contributed by atoms with Crippen molar-refractivity contribution in [3.63, 3.8) is 0 Å². The zero-order chi connectivity index (χ0) is 14.1. The zero-order valence-electron chi connectivity index (χ0n) is 11.8. The first-order chi connectivity index (χ1) is 9.63. The van der Waals surface area contributed by atoms with Crippen LogP contribution in [-0.4, -0.2) is 22.5 Å². The molecule has 20 heavy (non-hydrogen) atoms. The third-order valence-corrected chi connectivity index (χ3v) is 3.91. The minimum atomic E-state index is 0.172. The second kappa shape index (κ2) is 5.12. The lowest BCUT2D eigenvalue weighted by Crippen LogP contribution is -2.36. The first-order valence-corrected chi connectivity index (χ1v) is 6.89. The maximum absolute atomic E-state index is 12.4. The fourth-order valence-corrected chi connectivity index (χ4v) is 2.62. The predicted octanol–water partition coefficient (Wildman–Crippen LogP) is 2.42. The molecule has 0 saturated heterocycles. The van der Waals surface area contributed by atoms with Gasteiger partial charge in [0, 0.05) is 18.5 Å². The van der Waals surface area contributed by atoms with Gasteiger partial charge in [-0.15, -0.1) is 0 Å². The van der Waals surface area contributed by atoms with Gasteiger partial charge in [0.1, 0.15) is 6.26 Å². The summed E-state index contributed by atoms with van der Waals surface area (Å²) in [5.41, 5.74) is 5.50. The molecule has 0 aliphatic carbocycles. The fraction of sp³-hybridized carbons (Fsp3) is 0.375. The van der Waals surface area contributed by atoms with E-state index in [0.29, 0.717) is 13.0 Å². The lowest BCUT2D eigenvalue weighted by atomic mass is 10.0. The lowest BCUT2D eigenvalue weighted by molar-refractivity contribution is -0.131. The van der Waals surface area contributed by atoms with Gasteiger partial charge in [0.05, 0.1) is 18.7 Å². The van der Waals surface area contributed by atoms with E-state index in [9.17, 15) is 4.79 Å². The highest BCUT2D eigenvalue weighted by atomic mass is 16.5. The standard InChI is InChI=1S/C16H18N2O2/c1-11-3-4-12(2)13(7-11)8-16(19)18-6-5-15-14(9-18)10-20-17-15/h3-4,7,10H,5-6,8-9H2,1-2H3. The van der Waals surface area contributed by atoms with Crippen molar-refractivity contribution < 1.29 is 9.32 Å². The summed E-state index contributed by atoms with van der Waals surface area (Å²) in [5, 5.41) is 3.95. The summed E-state index contributed by atoms with van der Waals surface area (Å²) in [4.78, 5) is 14.3. The van der Waals surface area contributed by atoms with E-state index < -0.39 is 0 Å². The Morgan fingerprint density at radius 2 is 2.25 bits per heavy atom. The molecule has 1 aliphatic rings. The molecule has 1 aromatic heterocycles. The Kier molecular flexibility index (Phi) is 3.30. The maximum atomic E-state index is 12.4. The molecule has 104 valence electrons. The summed E-state index contributed by atoms with van der Waals surface area (Å²) in [6, 6.07) is 6.25. The molecule has 4 nitrogen and oxygen atoms in total. The van der Waals surface area contributed by atoms with E-state index in [1.165, 1.54) is 11.1 Å². The second-order valence-corrected chi connectivity index (χ2v) is 5.46. The van der Waals surface area contributed by atoms with Crippen LogP contribution in [0.4, 0.5) is 0 Å². The maximum Gasteiger partial charge on any atom is 0.227 e. The monoisotopic (exact) mass is 270 g/mol. The van der Waals surface area contributed by atoms with Crippen molar-refractivity contribution in [2.75, 3.05) is 6.54 Å². The van der Waals surface area contributed by atoms with Crippen molar-refractivity contribution in [1.82, 2.24) is 10.1 Å². The summed E-state index contributed by atoms with van der Waals surface area (Å²) in [7, 11) is 0. The highest BCUT2D eigenvalue weighted by Crippen LogP contribution is 2.19. The van der Waals surface area contributed by atoms with Crippen molar-refractivity contribution in [2.24, 2.45) is 0 Å².